The third-order valence-electron chi connectivity index (χ3n) is 4.33. The summed E-state index contributed by atoms with van der Waals surface area (Å²) in [4.78, 5) is 26.1. The fourth-order valence-corrected chi connectivity index (χ4v) is 3.33. The number of fused-ring (bicyclic) bond motifs is 1. The van der Waals surface area contributed by atoms with Crippen LogP contribution in [0, 0.1) is 12.8 Å². The zero-order valence-corrected chi connectivity index (χ0v) is 12.4. The first-order valence-corrected chi connectivity index (χ1v) is 7.37. The van der Waals surface area contributed by atoms with Crippen molar-refractivity contribution in [3.05, 3.63) is 11.8 Å². The van der Waals surface area contributed by atoms with Crippen LogP contribution in [-0.4, -0.2) is 52.2 Å². The molecule has 0 aromatic carbocycles. The molecule has 0 radical (unpaired) electrons. The number of piperidine rings is 1. The molecule has 0 spiro atoms. The molecule has 0 unspecified atom stereocenters. The molecule has 2 aliphatic heterocycles. The van der Waals surface area contributed by atoms with Crippen molar-refractivity contribution in [1.82, 2.24) is 20.0 Å². The molecule has 3 heterocycles. The quantitative estimate of drug-likeness (QED) is 0.813. The molecule has 0 saturated carbocycles. The van der Waals surface area contributed by atoms with Crippen LogP contribution in [0.2, 0.25) is 0 Å². The summed E-state index contributed by atoms with van der Waals surface area (Å²) in [6.45, 7) is 3.73. The Bertz CT molecular complexity index is 568. The summed E-state index contributed by atoms with van der Waals surface area (Å²) in [5.74, 6) is 0.822. The van der Waals surface area contributed by atoms with Crippen molar-refractivity contribution in [3.8, 4) is 0 Å². The van der Waals surface area contributed by atoms with Crippen molar-refractivity contribution < 1.29 is 9.59 Å². The van der Waals surface area contributed by atoms with E-state index in [0.29, 0.717) is 18.9 Å². The number of hydrogen-bond donors (Lipinski definition) is 2. The predicted octanol–water partition coefficient (Wildman–Crippen LogP) is -0.123. The van der Waals surface area contributed by atoms with Crippen LogP contribution in [0.1, 0.15) is 18.5 Å². The Morgan fingerprint density at radius 1 is 1.57 bits per heavy atom. The zero-order valence-electron chi connectivity index (χ0n) is 12.4. The van der Waals surface area contributed by atoms with Gasteiger partial charge in [0, 0.05) is 25.7 Å². The molecule has 1 aromatic heterocycles. The number of nitrogens with one attached hydrogen (secondary N) is 2. The molecule has 2 amide bonds. The summed E-state index contributed by atoms with van der Waals surface area (Å²) in [7, 11) is 1.80. The summed E-state index contributed by atoms with van der Waals surface area (Å²) >= 11 is 0. The normalized spacial score (nSPS) is 25.5. The lowest BCUT2D eigenvalue weighted by Gasteiger charge is -2.35. The van der Waals surface area contributed by atoms with E-state index in [1.807, 2.05) is 13.0 Å². The maximum Gasteiger partial charge on any atom is 0.239 e. The van der Waals surface area contributed by atoms with Crippen LogP contribution in [-0.2, 0) is 16.6 Å². The van der Waals surface area contributed by atoms with E-state index in [4.69, 9.17) is 0 Å². The number of hydrogen-bond acceptors (Lipinski definition) is 4. The molecule has 2 aliphatic rings. The minimum Gasteiger partial charge on any atom is -0.354 e. The number of amides is 2. The third kappa shape index (κ3) is 2.78. The summed E-state index contributed by atoms with van der Waals surface area (Å²) < 4.78 is 1.66. The molecule has 2 N–H and O–H groups in total. The van der Waals surface area contributed by atoms with E-state index in [0.717, 1.165) is 25.1 Å². The van der Waals surface area contributed by atoms with Crippen molar-refractivity contribution in [2.24, 2.45) is 13.0 Å². The van der Waals surface area contributed by atoms with E-state index in [1.165, 1.54) is 0 Å². The summed E-state index contributed by atoms with van der Waals surface area (Å²) in [5, 5.41) is 9.99. The van der Waals surface area contributed by atoms with Crippen molar-refractivity contribution in [1.29, 1.82) is 0 Å². The van der Waals surface area contributed by atoms with E-state index < -0.39 is 0 Å². The highest BCUT2D eigenvalue weighted by molar-refractivity contribution is 5.91. The average Bonchev–Trinajstić information content (AvgIpc) is 2.94. The molecule has 3 rings (SSSR count). The number of nitrogens with zero attached hydrogens (tertiary/aromatic N) is 3. The van der Waals surface area contributed by atoms with Gasteiger partial charge in [-0.15, -0.1) is 0 Å². The highest BCUT2D eigenvalue weighted by Crippen LogP contribution is 2.27. The van der Waals surface area contributed by atoms with Gasteiger partial charge in [-0.1, -0.05) is 0 Å². The number of aromatic nitrogens is 2. The highest BCUT2D eigenvalue weighted by atomic mass is 16.2. The van der Waals surface area contributed by atoms with Gasteiger partial charge in [0.2, 0.25) is 11.8 Å². The van der Waals surface area contributed by atoms with Crippen LogP contribution >= 0.6 is 0 Å². The lowest BCUT2D eigenvalue weighted by atomic mass is 9.91. The number of likely N-dealkylation sites (tertiary alicyclic amines) is 1. The van der Waals surface area contributed by atoms with Gasteiger partial charge in [0.15, 0.2) is 0 Å². The number of aryl methyl sites for hydroxylation is 2. The summed E-state index contributed by atoms with van der Waals surface area (Å²) in [6, 6.07) is 2.00. The summed E-state index contributed by atoms with van der Waals surface area (Å²) in [6.07, 6.45) is 1.89. The molecule has 114 valence electrons. The van der Waals surface area contributed by atoms with E-state index in [9.17, 15) is 9.59 Å². The van der Waals surface area contributed by atoms with Gasteiger partial charge < -0.3 is 10.6 Å². The lowest BCUT2D eigenvalue weighted by Crippen LogP contribution is -2.48. The van der Waals surface area contributed by atoms with Crippen LogP contribution in [0.15, 0.2) is 6.07 Å². The Morgan fingerprint density at radius 3 is 3.10 bits per heavy atom. The summed E-state index contributed by atoms with van der Waals surface area (Å²) in [5.41, 5.74) is 0.872. The van der Waals surface area contributed by atoms with Crippen LogP contribution in [0.3, 0.4) is 0 Å². The van der Waals surface area contributed by atoms with Gasteiger partial charge in [0.05, 0.1) is 18.2 Å². The maximum atomic E-state index is 12.2. The molecule has 2 fully saturated rings. The monoisotopic (exact) mass is 291 g/mol. The van der Waals surface area contributed by atoms with Gasteiger partial charge in [0.25, 0.3) is 0 Å². The van der Waals surface area contributed by atoms with Crippen LogP contribution in [0.5, 0.6) is 0 Å². The van der Waals surface area contributed by atoms with Gasteiger partial charge in [-0.3, -0.25) is 19.2 Å². The predicted molar refractivity (Wildman–Crippen MR) is 77.7 cm³/mol. The Morgan fingerprint density at radius 2 is 2.38 bits per heavy atom. The molecular weight excluding hydrogens is 270 g/mol. The number of carbonyl (C=O) groups is 2. The first kappa shape index (κ1) is 14.1. The fourth-order valence-electron chi connectivity index (χ4n) is 3.33. The second kappa shape index (κ2) is 5.48. The molecule has 21 heavy (non-hydrogen) atoms. The first-order valence-electron chi connectivity index (χ1n) is 7.37. The van der Waals surface area contributed by atoms with Crippen molar-refractivity contribution in [2.75, 3.05) is 25.0 Å². The molecule has 7 nitrogen and oxygen atoms in total. The van der Waals surface area contributed by atoms with Crippen molar-refractivity contribution in [2.45, 2.75) is 25.8 Å². The van der Waals surface area contributed by atoms with Crippen molar-refractivity contribution >= 4 is 17.6 Å². The molecule has 7 heteroatoms. The standard InChI is InChI=1S/C14H21N5O2/c1-9-6-12(18(2)17-9)16-13(20)8-19-5-3-4-10-11(19)7-15-14(10)21/h6,10-11H,3-5,7-8H2,1-2H3,(H,15,21)(H,16,20)/t10-,11-/m1/s1. The maximum absolute atomic E-state index is 12.2. The van der Waals surface area contributed by atoms with Crippen molar-refractivity contribution in [3.63, 3.8) is 0 Å². The Kier molecular flexibility index (Phi) is 3.67. The van der Waals surface area contributed by atoms with E-state index in [2.05, 4.69) is 20.6 Å². The average molecular weight is 291 g/mol. The lowest BCUT2D eigenvalue weighted by molar-refractivity contribution is -0.125. The SMILES string of the molecule is Cc1cc(NC(=O)CN2CCC[C@H]3C(=O)NC[C@H]32)n(C)n1. The van der Waals surface area contributed by atoms with E-state index >= 15 is 0 Å². The van der Waals surface area contributed by atoms with Gasteiger partial charge in [-0.25, -0.2) is 0 Å². The topological polar surface area (TPSA) is 79.3 Å². The smallest absolute Gasteiger partial charge is 0.239 e. The molecule has 2 saturated heterocycles. The Hall–Kier alpha value is -1.89. The zero-order chi connectivity index (χ0) is 15.0. The van der Waals surface area contributed by atoms with Gasteiger partial charge in [-0.05, 0) is 26.3 Å². The Labute approximate surface area is 123 Å². The van der Waals surface area contributed by atoms with Gasteiger partial charge in [-0.2, -0.15) is 5.10 Å². The second-order valence-electron chi connectivity index (χ2n) is 5.87. The largest absolute Gasteiger partial charge is 0.354 e. The fraction of sp³-hybridized carbons (Fsp3) is 0.643. The Balaban J connectivity index is 1.62. The number of carbonyl (C=O) groups excluding carboxylic acids is 2. The molecule has 1 aromatic rings. The van der Waals surface area contributed by atoms with Crippen LogP contribution < -0.4 is 10.6 Å². The molecular formula is C14H21N5O2. The van der Waals surface area contributed by atoms with Gasteiger partial charge in [0.1, 0.15) is 5.82 Å². The number of anilines is 1. The number of rotatable bonds is 3. The molecule has 0 bridgehead atoms. The van der Waals surface area contributed by atoms with Crippen LogP contribution in [0.25, 0.3) is 0 Å². The minimum atomic E-state index is -0.0574. The van der Waals surface area contributed by atoms with Gasteiger partial charge >= 0.3 is 0 Å². The molecule has 0 aliphatic carbocycles. The highest BCUT2D eigenvalue weighted by Gasteiger charge is 2.41. The van der Waals surface area contributed by atoms with E-state index in [-0.39, 0.29) is 23.8 Å². The van der Waals surface area contributed by atoms with E-state index in [1.54, 1.807) is 11.7 Å². The first-order chi connectivity index (χ1) is 10.0. The van der Waals surface area contributed by atoms with Crippen LogP contribution in [0.4, 0.5) is 5.82 Å². The third-order valence-corrected chi connectivity index (χ3v) is 4.33. The minimum absolute atomic E-state index is 0.0468. The molecule has 2 atom stereocenters. The second-order valence-corrected chi connectivity index (χ2v) is 5.87.